The molecule has 2 aromatic rings. The van der Waals surface area contributed by atoms with Crippen molar-refractivity contribution in [3.63, 3.8) is 0 Å². The Labute approximate surface area is 183 Å². The molecule has 0 aliphatic rings. The van der Waals surface area contributed by atoms with E-state index in [0.717, 1.165) is 28.8 Å². The third-order valence-electron chi connectivity index (χ3n) is 4.11. The van der Waals surface area contributed by atoms with Crippen LogP contribution in [0.25, 0.3) is 0 Å². The maximum absolute atomic E-state index is 10.1. The van der Waals surface area contributed by atoms with Crippen molar-refractivity contribution >= 4 is 41.5 Å². The van der Waals surface area contributed by atoms with Gasteiger partial charge in [-0.1, -0.05) is 17.7 Å². The van der Waals surface area contributed by atoms with Crippen LogP contribution in [0.2, 0.25) is 5.02 Å². The molecule has 0 atom stereocenters. The summed E-state index contributed by atoms with van der Waals surface area (Å²) in [4.78, 5) is 6.73. The number of hydrogen-bond donors (Lipinski definition) is 2. The molecule has 0 aliphatic heterocycles. The fourth-order valence-corrected chi connectivity index (χ4v) is 2.95. The molecule has 0 aliphatic carbocycles. The lowest BCUT2D eigenvalue weighted by Crippen LogP contribution is -2.39. The Bertz CT molecular complexity index is 764. The topological polar surface area (TPSA) is 62.0 Å². The summed E-state index contributed by atoms with van der Waals surface area (Å²) in [6.45, 7) is 4.09. The number of guanidine groups is 1. The van der Waals surface area contributed by atoms with Gasteiger partial charge in [-0.3, -0.25) is 4.99 Å². The van der Waals surface area contributed by atoms with Crippen molar-refractivity contribution in [2.75, 3.05) is 27.2 Å². The summed E-state index contributed by atoms with van der Waals surface area (Å²) in [5.41, 5.74) is 1.96. The molecule has 0 fully saturated rings. The number of rotatable bonds is 7. The summed E-state index contributed by atoms with van der Waals surface area (Å²) in [7, 11) is 5.55. The van der Waals surface area contributed by atoms with Crippen LogP contribution in [0.5, 0.6) is 11.5 Å². The molecule has 8 heteroatoms. The average molecular weight is 507 g/mol. The molecule has 0 saturated heterocycles. The molecule has 0 bridgehead atoms. The van der Waals surface area contributed by atoms with Crippen LogP contribution in [-0.2, 0) is 20.0 Å². The van der Waals surface area contributed by atoms with Crippen LogP contribution in [0.3, 0.4) is 0 Å². The second kappa shape index (κ2) is 11.3. The molecule has 0 unspecified atom stereocenters. The van der Waals surface area contributed by atoms with E-state index in [2.05, 4.69) is 15.2 Å². The Hall–Kier alpha value is -1.61. The molecule has 150 valence electrons. The lowest BCUT2D eigenvalue weighted by molar-refractivity contribution is 0.406. The van der Waals surface area contributed by atoms with E-state index in [1.54, 1.807) is 13.2 Å². The Morgan fingerprint density at radius 1 is 1.37 bits per heavy atom. The van der Waals surface area contributed by atoms with Gasteiger partial charge < -0.3 is 24.6 Å². The highest BCUT2D eigenvalue weighted by Crippen LogP contribution is 2.23. The van der Waals surface area contributed by atoms with Gasteiger partial charge in [0.05, 0.1) is 18.7 Å². The van der Waals surface area contributed by atoms with Gasteiger partial charge in [-0.25, -0.2) is 0 Å². The monoisotopic (exact) mass is 506 g/mol. The van der Waals surface area contributed by atoms with Crippen LogP contribution in [0.1, 0.15) is 18.2 Å². The molecule has 0 saturated carbocycles. The van der Waals surface area contributed by atoms with Crippen molar-refractivity contribution < 1.29 is 9.84 Å². The Morgan fingerprint density at radius 2 is 2.11 bits per heavy atom. The number of ether oxygens (including phenoxy) is 1. The van der Waals surface area contributed by atoms with Crippen molar-refractivity contribution in [2.45, 2.75) is 19.9 Å². The van der Waals surface area contributed by atoms with Crippen LogP contribution in [0.15, 0.2) is 35.5 Å². The zero-order valence-corrected chi connectivity index (χ0v) is 19.3. The van der Waals surface area contributed by atoms with Crippen LogP contribution in [0, 0.1) is 0 Å². The Kier molecular flexibility index (Phi) is 9.79. The Morgan fingerprint density at radius 3 is 2.67 bits per heavy atom. The summed E-state index contributed by atoms with van der Waals surface area (Å²) >= 11 is 6.06. The highest BCUT2D eigenvalue weighted by Gasteiger charge is 2.10. The van der Waals surface area contributed by atoms with Crippen molar-refractivity contribution in [2.24, 2.45) is 12.0 Å². The summed E-state index contributed by atoms with van der Waals surface area (Å²) < 4.78 is 7.12. The molecule has 0 amide bonds. The maximum atomic E-state index is 10.1. The molecule has 0 radical (unpaired) electrons. The molecule has 1 aromatic heterocycles. The van der Waals surface area contributed by atoms with Crippen molar-refractivity contribution in [1.29, 1.82) is 0 Å². The fourth-order valence-electron chi connectivity index (χ4n) is 2.68. The van der Waals surface area contributed by atoms with Gasteiger partial charge in [-0.05, 0) is 31.0 Å². The molecule has 2 rings (SSSR count). The predicted octanol–water partition coefficient (Wildman–Crippen LogP) is 3.65. The first kappa shape index (κ1) is 23.4. The normalized spacial score (nSPS) is 11.1. The van der Waals surface area contributed by atoms with Gasteiger partial charge in [-0.15, -0.1) is 24.0 Å². The van der Waals surface area contributed by atoms with Gasteiger partial charge in [0.25, 0.3) is 0 Å². The first-order valence-corrected chi connectivity index (χ1v) is 8.98. The number of benzene rings is 1. The predicted molar refractivity (Wildman–Crippen MR) is 122 cm³/mol. The molecular formula is C19H28ClIN4O2. The number of phenols is 1. The minimum Gasteiger partial charge on any atom is -0.508 e. The van der Waals surface area contributed by atoms with Gasteiger partial charge in [0.15, 0.2) is 5.96 Å². The molecule has 6 nitrogen and oxygen atoms in total. The summed E-state index contributed by atoms with van der Waals surface area (Å²) in [6.07, 6.45) is 2.54. The lowest BCUT2D eigenvalue weighted by atomic mass is 10.1. The van der Waals surface area contributed by atoms with E-state index in [0.29, 0.717) is 25.3 Å². The lowest BCUT2D eigenvalue weighted by Gasteiger charge is -2.22. The largest absolute Gasteiger partial charge is 0.508 e. The molecular weight excluding hydrogens is 479 g/mol. The molecule has 2 N–H and O–H groups in total. The third-order valence-corrected chi connectivity index (χ3v) is 4.31. The standard InChI is InChI=1S/C19H27ClN4O2.HI/c1-5-21-19(24(3)13-16-10-15(20)12-23(16)2)22-9-8-14-6-7-17(26-4)11-18(14)25;/h6-7,10-12,25H,5,8-9,13H2,1-4H3,(H,21,22);1H. The number of hydrogen-bond acceptors (Lipinski definition) is 3. The van der Waals surface area contributed by atoms with Crippen molar-refractivity contribution in [3.8, 4) is 11.5 Å². The number of aromatic hydroxyl groups is 1. The third kappa shape index (κ3) is 6.80. The number of nitrogens with one attached hydrogen (secondary N) is 1. The minimum absolute atomic E-state index is 0. The highest BCUT2D eigenvalue weighted by atomic mass is 127. The van der Waals surface area contributed by atoms with Crippen LogP contribution in [0.4, 0.5) is 0 Å². The van der Waals surface area contributed by atoms with Gasteiger partial charge in [0, 0.05) is 45.1 Å². The van der Waals surface area contributed by atoms with E-state index in [9.17, 15) is 5.11 Å². The number of phenolic OH excluding ortho intramolecular Hbond substituents is 1. The minimum atomic E-state index is 0. The number of halogens is 2. The van der Waals surface area contributed by atoms with E-state index in [1.807, 2.05) is 50.0 Å². The van der Waals surface area contributed by atoms with E-state index in [1.165, 1.54) is 0 Å². The van der Waals surface area contributed by atoms with E-state index >= 15 is 0 Å². The van der Waals surface area contributed by atoms with Crippen molar-refractivity contribution in [3.05, 3.63) is 46.7 Å². The Balaban J connectivity index is 0.00000364. The zero-order chi connectivity index (χ0) is 19.1. The van der Waals surface area contributed by atoms with Crippen molar-refractivity contribution in [1.82, 2.24) is 14.8 Å². The highest BCUT2D eigenvalue weighted by molar-refractivity contribution is 14.0. The second-order valence-electron chi connectivity index (χ2n) is 6.10. The SMILES string of the molecule is CCNC(=NCCc1ccc(OC)cc1O)N(C)Cc1cc(Cl)cn1C.I. The van der Waals surface area contributed by atoms with E-state index in [4.69, 9.17) is 16.3 Å². The molecule has 1 heterocycles. The fraction of sp³-hybridized carbons (Fsp3) is 0.421. The van der Waals surface area contributed by atoms with Gasteiger partial charge in [-0.2, -0.15) is 0 Å². The van der Waals surface area contributed by atoms with Gasteiger partial charge in [0.2, 0.25) is 0 Å². The molecule has 27 heavy (non-hydrogen) atoms. The summed E-state index contributed by atoms with van der Waals surface area (Å²) in [6, 6.07) is 7.29. The second-order valence-corrected chi connectivity index (χ2v) is 6.53. The molecule has 1 aromatic carbocycles. The van der Waals surface area contributed by atoms with Gasteiger partial charge in [0.1, 0.15) is 11.5 Å². The maximum Gasteiger partial charge on any atom is 0.194 e. The number of methoxy groups -OCH3 is 1. The smallest absolute Gasteiger partial charge is 0.194 e. The van der Waals surface area contributed by atoms with Crippen LogP contribution in [-0.4, -0.2) is 47.8 Å². The molecule has 0 spiro atoms. The first-order chi connectivity index (χ1) is 12.4. The van der Waals surface area contributed by atoms with Crippen LogP contribution < -0.4 is 10.1 Å². The summed E-state index contributed by atoms with van der Waals surface area (Å²) in [5, 5.41) is 14.1. The number of aryl methyl sites for hydroxylation is 1. The average Bonchev–Trinajstić information content (AvgIpc) is 2.92. The zero-order valence-electron chi connectivity index (χ0n) is 16.2. The quantitative estimate of drug-likeness (QED) is 0.342. The van der Waals surface area contributed by atoms with Crippen LogP contribution >= 0.6 is 35.6 Å². The number of aromatic nitrogens is 1. The van der Waals surface area contributed by atoms with E-state index < -0.39 is 0 Å². The van der Waals surface area contributed by atoms with E-state index in [-0.39, 0.29) is 29.7 Å². The summed E-state index contributed by atoms with van der Waals surface area (Å²) in [5.74, 6) is 1.69. The van der Waals surface area contributed by atoms with Gasteiger partial charge >= 0.3 is 0 Å². The first-order valence-electron chi connectivity index (χ1n) is 8.60. The number of aliphatic imine (C=N–C) groups is 1. The number of nitrogens with zero attached hydrogens (tertiary/aromatic N) is 3.